The zero-order valence-corrected chi connectivity index (χ0v) is 13.6. The molecule has 3 rings (SSSR count). The van der Waals surface area contributed by atoms with Crippen LogP contribution >= 0.6 is 35.6 Å². The molecule has 1 saturated heterocycles. The lowest BCUT2D eigenvalue weighted by molar-refractivity contribution is -0.113. The van der Waals surface area contributed by atoms with Crippen molar-refractivity contribution in [2.45, 2.75) is 0 Å². The number of halogens is 1. The van der Waals surface area contributed by atoms with E-state index >= 15 is 0 Å². The van der Waals surface area contributed by atoms with Gasteiger partial charge in [-0.05, 0) is 35.9 Å². The van der Waals surface area contributed by atoms with Crippen molar-refractivity contribution in [3.8, 4) is 5.75 Å². The fourth-order valence-corrected chi connectivity index (χ4v) is 3.52. The topological polar surface area (TPSA) is 40.5 Å². The number of amides is 1. The first kappa shape index (κ1) is 15.1. The Morgan fingerprint density at radius 1 is 1.18 bits per heavy atom. The lowest BCUT2D eigenvalue weighted by atomic mass is 10.2. The number of nitrogens with zero attached hydrogens (tertiary/aromatic N) is 1. The van der Waals surface area contributed by atoms with Crippen molar-refractivity contribution < 1.29 is 9.90 Å². The Balaban J connectivity index is 1.93. The molecule has 0 atom stereocenters. The van der Waals surface area contributed by atoms with Gasteiger partial charge in [-0.15, -0.1) is 0 Å². The Bertz CT molecular complexity index is 790. The second-order valence-corrected chi connectivity index (χ2v) is 6.65. The van der Waals surface area contributed by atoms with Gasteiger partial charge in [0.05, 0.1) is 15.6 Å². The molecular formula is C16H10ClNO2S2. The quantitative estimate of drug-likeness (QED) is 0.643. The molecule has 1 fully saturated rings. The highest BCUT2D eigenvalue weighted by Crippen LogP contribution is 2.36. The molecule has 6 heteroatoms. The molecule has 0 spiro atoms. The van der Waals surface area contributed by atoms with E-state index in [2.05, 4.69) is 0 Å². The second-order valence-electron chi connectivity index (χ2n) is 4.56. The third kappa shape index (κ3) is 2.88. The van der Waals surface area contributed by atoms with Crippen LogP contribution in [0.25, 0.3) is 6.08 Å². The van der Waals surface area contributed by atoms with Gasteiger partial charge in [-0.25, -0.2) is 0 Å². The number of thioether (sulfide) groups is 1. The van der Waals surface area contributed by atoms with Crippen LogP contribution in [0, 0.1) is 0 Å². The van der Waals surface area contributed by atoms with Gasteiger partial charge >= 0.3 is 0 Å². The molecule has 1 heterocycles. The Morgan fingerprint density at radius 3 is 2.59 bits per heavy atom. The first-order chi connectivity index (χ1) is 10.6. The van der Waals surface area contributed by atoms with Gasteiger partial charge in [0.15, 0.2) is 4.32 Å². The third-order valence-corrected chi connectivity index (χ3v) is 4.68. The van der Waals surface area contributed by atoms with Crippen molar-refractivity contribution in [3.63, 3.8) is 0 Å². The summed E-state index contributed by atoms with van der Waals surface area (Å²) in [6.07, 6.45) is 1.72. The van der Waals surface area contributed by atoms with Crippen molar-refractivity contribution in [2.75, 3.05) is 4.90 Å². The number of carbonyl (C=O) groups excluding carboxylic acids is 1. The fraction of sp³-hybridized carbons (Fsp3) is 0. The molecule has 0 radical (unpaired) electrons. The molecule has 2 aromatic rings. The molecule has 2 aromatic carbocycles. The minimum Gasteiger partial charge on any atom is -0.506 e. The van der Waals surface area contributed by atoms with E-state index in [1.165, 1.54) is 22.7 Å². The maximum absolute atomic E-state index is 12.5. The van der Waals surface area contributed by atoms with Crippen LogP contribution in [0.5, 0.6) is 5.75 Å². The van der Waals surface area contributed by atoms with Gasteiger partial charge in [0.2, 0.25) is 0 Å². The molecule has 1 aliphatic heterocycles. The molecule has 110 valence electrons. The Morgan fingerprint density at radius 2 is 1.91 bits per heavy atom. The number of benzene rings is 2. The zero-order valence-electron chi connectivity index (χ0n) is 11.2. The molecule has 1 N–H and O–H groups in total. The summed E-state index contributed by atoms with van der Waals surface area (Å²) in [6.45, 7) is 0. The first-order valence-corrected chi connectivity index (χ1v) is 7.98. The van der Waals surface area contributed by atoms with Gasteiger partial charge in [0.1, 0.15) is 5.75 Å². The van der Waals surface area contributed by atoms with Crippen LogP contribution in [-0.2, 0) is 4.79 Å². The molecule has 0 unspecified atom stereocenters. The van der Waals surface area contributed by atoms with Crippen molar-refractivity contribution >= 4 is 57.6 Å². The molecule has 0 aromatic heterocycles. The van der Waals surface area contributed by atoms with Crippen LogP contribution in [0.3, 0.4) is 0 Å². The minimum atomic E-state index is -0.162. The number of para-hydroxylation sites is 1. The maximum atomic E-state index is 12.5. The zero-order chi connectivity index (χ0) is 15.7. The highest BCUT2D eigenvalue weighted by atomic mass is 35.5. The lowest BCUT2D eigenvalue weighted by Gasteiger charge is -2.13. The minimum absolute atomic E-state index is 0.00986. The molecule has 22 heavy (non-hydrogen) atoms. The van der Waals surface area contributed by atoms with Gasteiger partial charge in [-0.3, -0.25) is 9.69 Å². The van der Waals surface area contributed by atoms with Crippen LogP contribution in [0.2, 0.25) is 5.02 Å². The largest absolute Gasteiger partial charge is 0.506 e. The Kier molecular flexibility index (Phi) is 4.20. The molecule has 1 amide bonds. The number of hydrogen-bond donors (Lipinski definition) is 1. The summed E-state index contributed by atoms with van der Waals surface area (Å²) < 4.78 is 0.493. The van der Waals surface area contributed by atoms with Crippen molar-refractivity contribution in [3.05, 3.63) is 64.0 Å². The summed E-state index contributed by atoms with van der Waals surface area (Å²) >= 11 is 12.4. The summed E-state index contributed by atoms with van der Waals surface area (Å²) in [7, 11) is 0. The Labute approximate surface area is 142 Å². The predicted octanol–water partition coefficient (Wildman–Crippen LogP) is 4.45. The number of thiocarbonyl (C=S) groups is 1. The van der Waals surface area contributed by atoms with Gasteiger partial charge in [-0.2, -0.15) is 0 Å². The van der Waals surface area contributed by atoms with Crippen LogP contribution in [0.4, 0.5) is 5.69 Å². The van der Waals surface area contributed by atoms with Gasteiger partial charge < -0.3 is 5.11 Å². The van der Waals surface area contributed by atoms with Crippen LogP contribution in [0.15, 0.2) is 53.4 Å². The summed E-state index contributed by atoms with van der Waals surface area (Å²) in [5.74, 6) is -0.152. The van der Waals surface area contributed by atoms with Gasteiger partial charge in [0.25, 0.3) is 5.91 Å². The van der Waals surface area contributed by atoms with Crippen molar-refractivity contribution in [2.24, 2.45) is 0 Å². The molecule has 3 nitrogen and oxygen atoms in total. The molecular weight excluding hydrogens is 338 g/mol. The number of phenols is 1. The summed E-state index contributed by atoms with van der Waals surface area (Å²) in [5.41, 5.74) is 1.48. The Hall–Kier alpha value is -1.82. The van der Waals surface area contributed by atoms with E-state index < -0.39 is 0 Å². The monoisotopic (exact) mass is 347 g/mol. The van der Waals surface area contributed by atoms with E-state index in [4.69, 9.17) is 23.8 Å². The maximum Gasteiger partial charge on any atom is 0.270 e. The summed E-state index contributed by atoms with van der Waals surface area (Å²) in [6, 6.07) is 14.1. The fourth-order valence-electron chi connectivity index (χ4n) is 2.03. The number of carbonyl (C=O) groups is 1. The van der Waals surface area contributed by atoms with Crippen molar-refractivity contribution in [1.82, 2.24) is 0 Å². The average Bonchev–Trinajstić information content (AvgIpc) is 2.78. The highest BCUT2D eigenvalue weighted by molar-refractivity contribution is 8.27. The van der Waals surface area contributed by atoms with Crippen LogP contribution in [0.1, 0.15) is 5.56 Å². The van der Waals surface area contributed by atoms with Gasteiger partial charge in [0, 0.05) is 0 Å². The van der Waals surface area contributed by atoms with E-state index in [0.717, 1.165) is 11.3 Å². The SMILES string of the molecule is O=C1/C(=C\c2ccc(O)c(Cl)c2)SC(=S)N1c1ccccc1. The highest BCUT2D eigenvalue weighted by Gasteiger charge is 2.33. The first-order valence-electron chi connectivity index (χ1n) is 6.38. The van der Waals surface area contributed by atoms with Crippen molar-refractivity contribution in [1.29, 1.82) is 0 Å². The van der Waals surface area contributed by atoms with Gasteiger partial charge in [-0.1, -0.05) is 59.8 Å². The van der Waals surface area contributed by atoms with E-state index in [-0.39, 0.29) is 16.7 Å². The van der Waals surface area contributed by atoms with E-state index in [9.17, 15) is 9.90 Å². The predicted molar refractivity (Wildman–Crippen MR) is 95.2 cm³/mol. The standard InChI is InChI=1S/C16H10ClNO2S2/c17-12-8-10(6-7-13(12)19)9-14-15(20)18(16(21)22-14)11-4-2-1-3-5-11/h1-9,19H/b14-9+. The smallest absolute Gasteiger partial charge is 0.270 e. The van der Waals surface area contributed by atoms with E-state index in [1.807, 2.05) is 30.3 Å². The second kappa shape index (κ2) is 6.12. The number of rotatable bonds is 2. The molecule has 0 saturated carbocycles. The third-order valence-electron chi connectivity index (χ3n) is 3.08. The number of aromatic hydroxyl groups is 1. The van der Waals surface area contributed by atoms with E-state index in [0.29, 0.717) is 9.23 Å². The van der Waals surface area contributed by atoms with Crippen LogP contribution < -0.4 is 4.90 Å². The molecule has 0 bridgehead atoms. The number of phenolic OH excluding ortho intramolecular Hbond substituents is 1. The molecule has 1 aliphatic rings. The van der Waals surface area contributed by atoms with E-state index in [1.54, 1.807) is 18.2 Å². The van der Waals surface area contributed by atoms with Crippen LogP contribution in [-0.4, -0.2) is 15.3 Å². The number of anilines is 1. The molecule has 0 aliphatic carbocycles. The lowest BCUT2D eigenvalue weighted by Crippen LogP contribution is -2.27. The normalized spacial score (nSPS) is 16.6. The summed E-state index contributed by atoms with van der Waals surface area (Å²) in [5, 5.41) is 9.68. The number of hydrogen-bond acceptors (Lipinski definition) is 4. The average molecular weight is 348 g/mol. The summed E-state index contributed by atoms with van der Waals surface area (Å²) in [4.78, 5) is 14.6.